The lowest BCUT2D eigenvalue weighted by atomic mass is 9.99. The zero-order chi connectivity index (χ0) is 22.6. The first-order valence-electron chi connectivity index (χ1n) is 11.6. The minimum atomic E-state index is 0.213. The summed E-state index contributed by atoms with van der Waals surface area (Å²) in [5.41, 5.74) is 5.65. The van der Waals surface area contributed by atoms with Crippen LogP contribution in [-0.4, -0.2) is 41.2 Å². The largest absolute Gasteiger partial charge is 0.495 e. The van der Waals surface area contributed by atoms with Crippen LogP contribution < -0.4 is 4.74 Å². The van der Waals surface area contributed by atoms with Crippen molar-refractivity contribution in [3.05, 3.63) is 73.2 Å². The lowest BCUT2D eigenvalue weighted by Gasteiger charge is -2.29. The molecule has 2 aromatic carbocycles. The van der Waals surface area contributed by atoms with Gasteiger partial charge >= 0.3 is 0 Å². The Morgan fingerprint density at radius 2 is 1.76 bits per heavy atom. The van der Waals surface area contributed by atoms with E-state index in [-0.39, 0.29) is 5.92 Å². The van der Waals surface area contributed by atoms with Crippen LogP contribution in [0.3, 0.4) is 0 Å². The molecule has 0 bridgehead atoms. The number of nitriles is 1. The number of ether oxygens (including phenoxy) is 1. The molecule has 1 saturated heterocycles. The van der Waals surface area contributed by atoms with E-state index in [2.05, 4.69) is 69.2 Å². The van der Waals surface area contributed by atoms with Crippen LogP contribution in [0.5, 0.6) is 5.75 Å². The number of hydrogen-bond donors (Lipinski definition) is 0. The summed E-state index contributed by atoms with van der Waals surface area (Å²) < 4.78 is 8.06. The average Bonchev–Trinajstić information content (AvgIpc) is 3.27. The molecule has 0 aliphatic carbocycles. The highest BCUT2D eigenvalue weighted by Gasteiger charge is 2.20. The molecule has 0 unspecified atom stereocenters. The molecule has 0 radical (unpaired) electrons. The first-order chi connectivity index (χ1) is 16.3. The molecule has 2 aromatic heterocycles. The molecule has 0 N–H and O–H groups in total. The maximum absolute atomic E-state index is 9.17. The zero-order valence-corrected chi connectivity index (χ0v) is 18.9. The van der Waals surface area contributed by atoms with Gasteiger partial charge in [-0.25, -0.2) is 0 Å². The van der Waals surface area contributed by atoms with Crippen molar-refractivity contribution >= 4 is 10.9 Å². The molecule has 1 aliphatic rings. The van der Waals surface area contributed by atoms with Gasteiger partial charge in [0, 0.05) is 59.7 Å². The first-order valence-corrected chi connectivity index (χ1v) is 11.6. The molecule has 4 aromatic rings. The Kier molecular flexibility index (Phi) is 6.10. The predicted octanol–water partition coefficient (Wildman–Crippen LogP) is 5.61. The minimum absolute atomic E-state index is 0.213. The van der Waals surface area contributed by atoms with E-state index in [1.807, 2.05) is 24.5 Å². The van der Waals surface area contributed by atoms with Gasteiger partial charge in [0.1, 0.15) is 5.75 Å². The fraction of sp³-hybridized carbons (Fsp3) is 0.286. The van der Waals surface area contributed by atoms with Crippen LogP contribution in [0.15, 0.2) is 73.2 Å². The van der Waals surface area contributed by atoms with E-state index in [1.54, 1.807) is 7.11 Å². The van der Waals surface area contributed by atoms with Crippen LogP contribution in [-0.2, 0) is 6.54 Å². The second-order valence-corrected chi connectivity index (χ2v) is 8.67. The fourth-order valence-electron chi connectivity index (χ4n) is 4.81. The number of hydrogen-bond acceptors (Lipinski definition) is 4. The normalized spacial score (nSPS) is 14.9. The summed E-state index contributed by atoms with van der Waals surface area (Å²) in [6.07, 6.45) is 8.03. The Balaban J connectivity index is 1.49. The van der Waals surface area contributed by atoms with Gasteiger partial charge in [0.15, 0.2) is 0 Å². The SMILES string of the molecule is COc1cccc2c(-c3cncc(-c4ccccc4)c3)cn(CCN3CCC(C#N)CC3)c12. The van der Waals surface area contributed by atoms with E-state index >= 15 is 0 Å². The Morgan fingerprint density at radius 1 is 0.970 bits per heavy atom. The van der Waals surface area contributed by atoms with Crippen molar-refractivity contribution in [3.8, 4) is 34.1 Å². The first kappa shape index (κ1) is 21.2. The van der Waals surface area contributed by atoms with Gasteiger partial charge in [0.05, 0.1) is 18.7 Å². The summed E-state index contributed by atoms with van der Waals surface area (Å²) in [7, 11) is 1.73. The van der Waals surface area contributed by atoms with Gasteiger partial charge in [-0.3, -0.25) is 4.98 Å². The van der Waals surface area contributed by atoms with E-state index < -0.39 is 0 Å². The van der Waals surface area contributed by atoms with Gasteiger partial charge in [-0.2, -0.15) is 5.26 Å². The number of fused-ring (bicyclic) bond motifs is 1. The van der Waals surface area contributed by atoms with Crippen molar-refractivity contribution in [2.45, 2.75) is 19.4 Å². The molecule has 1 aliphatic heterocycles. The van der Waals surface area contributed by atoms with Crippen LogP contribution in [0.1, 0.15) is 12.8 Å². The standard InChI is InChI=1S/C28H28N4O/c1-33-27-9-5-8-25-26(24-16-23(18-30-19-24)22-6-3-2-4-7-22)20-32(28(25)27)15-14-31-12-10-21(17-29)11-13-31/h2-9,16,18-21H,10-15H2,1H3. The number of benzene rings is 2. The Morgan fingerprint density at radius 3 is 2.52 bits per heavy atom. The van der Waals surface area contributed by atoms with Crippen molar-refractivity contribution in [3.63, 3.8) is 0 Å². The maximum Gasteiger partial charge on any atom is 0.143 e. The van der Waals surface area contributed by atoms with E-state index in [9.17, 15) is 5.26 Å². The van der Waals surface area contributed by atoms with Crippen molar-refractivity contribution < 1.29 is 4.74 Å². The minimum Gasteiger partial charge on any atom is -0.495 e. The summed E-state index contributed by atoms with van der Waals surface area (Å²) in [5, 5.41) is 10.3. The lowest BCUT2D eigenvalue weighted by molar-refractivity contribution is 0.199. The summed E-state index contributed by atoms with van der Waals surface area (Å²) in [4.78, 5) is 7.02. The quantitative estimate of drug-likeness (QED) is 0.394. The summed E-state index contributed by atoms with van der Waals surface area (Å²) in [6, 6.07) is 21.2. The number of aromatic nitrogens is 2. The highest BCUT2D eigenvalue weighted by molar-refractivity contribution is 5.99. The molecular formula is C28H28N4O. The lowest BCUT2D eigenvalue weighted by Crippen LogP contribution is -2.35. The molecule has 33 heavy (non-hydrogen) atoms. The Hall–Kier alpha value is -3.62. The molecule has 0 atom stereocenters. The Bertz CT molecular complexity index is 1280. The van der Waals surface area contributed by atoms with Crippen LogP contribution in [0.2, 0.25) is 0 Å². The number of nitrogens with zero attached hydrogens (tertiary/aromatic N) is 4. The molecule has 5 rings (SSSR count). The average molecular weight is 437 g/mol. The van der Waals surface area contributed by atoms with Gasteiger partial charge in [-0.1, -0.05) is 42.5 Å². The molecule has 0 saturated carbocycles. The molecular weight excluding hydrogens is 408 g/mol. The van der Waals surface area contributed by atoms with Crippen molar-refractivity contribution in [2.24, 2.45) is 5.92 Å². The smallest absolute Gasteiger partial charge is 0.143 e. The molecule has 0 amide bonds. The van der Waals surface area contributed by atoms with E-state index in [1.165, 1.54) is 5.39 Å². The number of pyridine rings is 1. The van der Waals surface area contributed by atoms with Crippen molar-refractivity contribution in [2.75, 3.05) is 26.7 Å². The number of para-hydroxylation sites is 1. The monoisotopic (exact) mass is 436 g/mol. The van der Waals surface area contributed by atoms with Crippen LogP contribution >= 0.6 is 0 Å². The van der Waals surface area contributed by atoms with Crippen LogP contribution in [0.25, 0.3) is 33.2 Å². The van der Waals surface area contributed by atoms with Gasteiger partial charge < -0.3 is 14.2 Å². The third-order valence-electron chi connectivity index (χ3n) is 6.66. The molecule has 1 fully saturated rings. The molecule has 0 spiro atoms. The van der Waals surface area contributed by atoms with Crippen molar-refractivity contribution in [1.29, 1.82) is 5.26 Å². The third kappa shape index (κ3) is 4.35. The summed E-state index contributed by atoms with van der Waals surface area (Å²) in [5.74, 6) is 1.10. The number of rotatable bonds is 6. The van der Waals surface area contributed by atoms with E-state index in [4.69, 9.17) is 4.74 Å². The molecule has 5 heteroatoms. The van der Waals surface area contributed by atoms with Crippen molar-refractivity contribution in [1.82, 2.24) is 14.5 Å². The van der Waals surface area contributed by atoms with E-state index in [0.717, 1.165) is 72.5 Å². The molecule has 5 nitrogen and oxygen atoms in total. The molecule has 166 valence electrons. The number of methoxy groups -OCH3 is 1. The molecule has 3 heterocycles. The second-order valence-electron chi connectivity index (χ2n) is 8.67. The zero-order valence-electron chi connectivity index (χ0n) is 18.9. The maximum atomic E-state index is 9.17. The summed E-state index contributed by atoms with van der Waals surface area (Å²) >= 11 is 0. The number of likely N-dealkylation sites (tertiary alicyclic amines) is 1. The number of piperidine rings is 1. The fourth-order valence-corrected chi connectivity index (χ4v) is 4.81. The topological polar surface area (TPSA) is 54.1 Å². The second kappa shape index (κ2) is 9.48. The van der Waals surface area contributed by atoms with Gasteiger partial charge in [-0.15, -0.1) is 0 Å². The van der Waals surface area contributed by atoms with Gasteiger partial charge in [-0.05, 0) is 43.6 Å². The highest BCUT2D eigenvalue weighted by Crippen LogP contribution is 2.36. The predicted molar refractivity (Wildman–Crippen MR) is 132 cm³/mol. The van der Waals surface area contributed by atoms with Crippen LogP contribution in [0, 0.1) is 17.2 Å². The van der Waals surface area contributed by atoms with Crippen LogP contribution in [0.4, 0.5) is 0 Å². The third-order valence-corrected chi connectivity index (χ3v) is 6.66. The van der Waals surface area contributed by atoms with Gasteiger partial charge in [0.2, 0.25) is 0 Å². The van der Waals surface area contributed by atoms with E-state index in [0.29, 0.717) is 0 Å². The Labute approximate surface area is 194 Å². The highest BCUT2D eigenvalue weighted by atomic mass is 16.5. The summed E-state index contributed by atoms with van der Waals surface area (Å²) in [6.45, 7) is 3.82. The van der Waals surface area contributed by atoms with Gasteiger partial charge in [0.25, 0.3) is 0 Å².